The predicted octanol–water partition coefficient (Wildman–Crippen LogP) is 3.69. The zero-order valence-corrected chi connectivity index (χ0v) is 18.6. The number of hydrogen-bond acceptors (Lipinski definition) is 6. The van der Waals surface area contributed by atoms with Crippen LogP contribution in [0.2, 0.25) is 0 Å². The van der Waals surface area contributed by atoms with Crippen LogP contribution >= 0.6 is 0 Å². The SMILES string of the molecule is CCc1ccccc1S(=O)(=O)N(C)CCc1noc(COc2cc(C)cc(C)c2)n1. The molecule has 0 fully saturated rings. The topological polar surface area (TPSA) is 85.5 Å². The molecule has 0 atom stereocenters. The maximum atomic E-state index is 12.9. The van der Waals surface area contributed by atoms with E-state index in [4.69, 9.17) is 9.26 Å². The van der Waals surface area contributed by atoms with Gasteiger partial charge in [0.25, 0.3) is 5.89 Å². The lowest BCUT2D eigenvalue weighted by molar-refractivity contribution is 0.242. The largest absolute Gasteiger partial charge is 0.484 e. The summed E-state index contributed by atoms with van der Waals surface area (Å²) in [7, 11) is -2.02. The molecule has 0 aliphatic heterocycles. The van der Waals surface area contributed by atoms with Crippen molar-refractivity contribution in [3.63, 3.8) is 0 Å². The van der Waals surface area contributed by atoms with Gasteiger partial charge in [-0.05, 0) is 55.2 Å². The predicted molar refractivity (Wildman–Crippen MR) is 114 cm³/mol. The van der Waals surface area contributed by atoms with Crippen molar-refractivity contribution >= 4 is 10.0 Å². The molecule has 0 unspecified atom stereocenters. The molecule has 1 aromatic heterocycles. The van der Waals surface area contributed by atoms with Gasteiger partial charge in [-0.3, -0.25) is 0 Å². The third-order valence-electron chi connectivity index (χ3n) is 4.76. The molecule has 0 N–H and O–H groups in total. The van der Waals surface area contributed by atoms with Gasteiger partial charge in [0.2, 0.25) is 10.0 Å². The van der Waals surface area contributed by atoms with Crippen molar-refractivity contribution in [3.8, 4) is 5.75 Å². The Balaban J connectivity index is 1.59. The van der Waals surface area contributed by atoms with Crippen molar-refractivity contribution in [2.24, 2.45) is 0 Å². The molecule has 1 heterocycles. The van der Waals surface area contributed by atoms with E-state index in [1.165, 1.54) is 4.31 Å². The molecule has 0 aliphatic carbocycles. The van der Waals surface area contributed by atoms with Crippen molar-refractivity contribution < 1.29 is 17.7 Å². The fourth-order valence-corrected chi connectivity index (χ4v) is 4.67. The van der Waals surface area contributed by atoms with Gasteiger partial charge in [-0.2, -0.15) is 4.98 Å². The second kappa shape index (κ2) is 9.40. The van der Waals surface area contributed by atoms with Crippen LogP contribution in [0.4, 0.5) is 0 Å². The molecule has 0 amide bonds. The van der Waals surface area contributed by atoms with E-state index in [0.29, 0.717) is 29.5 Å². The second-order valence-electron chi connectivity index (χ2n) is 7.25. The van der Waals surface area contributed by atoms with Crippen LogP contribution in [0, 0.1) is 13.8 Å². The summed E-state index contributed by atoms with van der Waals surface area (Å²) < 4.78 is 38.1. The number of likely N-dealkylation sites (N-methyl/N-ethyl adjacent to an activating group) is 1. The summed E-state index contributed by atoms with van der Waals surface area (Å²) in [5.74, 6) is 1.54. The fourth-order valence-electron chi connectivity index (χ4n) is 3.20. The summed E-state index contributed by atoms with van der Waals surface area (Å²) in [4.78, 5) is 4.64. The van der Waals surface area contributed by atoms with Gasteiger partial charge in [-0.15, -0.1) is 0 Å². The van der Waals surface area contributed by atoms with Crippen LogP contribution in [0.3, 0.4) is 0 Å². The van der Waals surface area contributed by atoms with Crippen LogP contribution in [-0.4, -0.2) is 36.5 Å². The molecule has 7 nitrogen and oxygen atoms in total. The summed E-state index contributed by atoms with van der Waals surface area (Å²) in [6.45, 7) is 6.36. The number of benzene rings is 2. The summed E-state index contributed by atoms with van der Waals surface area (Å²) in [5.41, 5.74) is 3.03. The lowest BCUT2D eigenvalue weighted by atomic mass is 10.1. The smallest absolute Gasteiger partial charge is 0.264 e. The molecule has 3 aromatic rings. The summed E-state index contributed by atoms with van der Waals surface area (Å²) in [6.07, 6.45) is 0.995. The van der Waals surface area contributed by atoms with Crippen LogP contribution in [-0.2, 0) is 29.5 Å². The Hall–Kier alpha value is -2.71. The molecule has 0 aliphatic rings. The van der Waals surface area contributed by atoms with Gasteiger partial charge in [0.05, 0.1) is 4.90 Å². The number of ether oxygens (including phenoxy) is 1. The molecule has 8 heteroatoms. The second-order valence-corrected chi connectivity index (χ2v) is 9.27. The van der Waals surface area contributed by atoms with Crippen LogP contribution in [0.5, 0.6) is 5.75 Å². The van der Waals surface area contributed by atoms with E-state index in [-0.39, 0.29) is 13.2 Å². The Morgan fingerprint density at radius 2 is 1.80 bits per heavy atom. The molecule has 0 saturated carbocycles. The van der Waals surface area contributed by atoms with E-state index in [1.54, 1.807) is 19.2 Å². The van der Waals surface area contributed by atoms with E-state index >= 15 is 0 Å². The minimum Gasteiger partial charge on any atom is -0.484 e. The van der Waals surface area contributed by atoms with Crippen molar-refractivity contribution in [2.75, 3.05) is 13.6 Å². The quantitative estimate of drug-likeness (QED) is 0.516. The maximum Gasteiger partial charge on any atom is 0.264 e. The first-order valence-electron chi connectivity index (χ1n) is 9.86. The van der Waals surface area contributed by atoms with E-state index in [1.807, 2.05) is 45.0 Å². The number of hydrogen-bond donors (Lipinski definition) is 0. The number of aryl methyl sites for hydroxylation is 3. The van der Waals surface area contributed by atoms with Crippen molar-refractivity contribution in [3.05, 3.63) is 70.9 Å². The van der Waals surface area contributed by atoms with Crippen molar-refractivity contribution in [1.82, 2.24) is 14.4 Å². The molecule has 160 valence electrons. The van der Waals surface area contributed by atoms with Gasteiger partial charge in [0, 0.05) is 20.0 Å². The molecule has 2 aromatic carbocycles. The normalized spacial score (nSPS) is 11.8. The molecular formula is C22H27N3O4S. The Morgan fingerprint density at radius 1 is 1.10 bits per heavy atom. The average molecular weight is 430 g/mol. The van der Waals surface area contributed by atoms with Gasteiger partial charge in [0.15, 0.2) is 12.4 Å². The zero-order chi connectivity index (χ0) is 21.7. The molecule has 0 radical (unpaired) electrons. The Morgan fingerprint density at radius 3 is 2.50 bits per heavy atom. The Labute approximate surface area is 177 Å². The zero-order valence-electron chi connectivity index (χ0n) is 17.8. The van der Waals surface area contributed by atoms with Crippen molar-refractivity contribution in [2.45, 2.75) is 45.1 Å². The fraction of sp³-hybridized carbons (Fsp3) is 0.364. The molecule has 0 saturated heterocycles. The number of sulfonamides is 1. The first-order chi connectivity index (χ1) is 14.3. The van der Waals surface area contributed by atoms with Gasteiger partial charge in [-0.25, -0.2) is 12.7 Å². The van der Waals surface area contributed by atoms with Gasteiger partial charge in [0.1, 0.15) is 5.75 Å². The third-order valence-corrected chi connectivity index (χ3v) is 6.72. The molecule has 30 heavy (non-hydrogen) atoms. The molecule has 3 rings (SSSR count). The number of rotatable bonds is 9. The maximum absolute atomic E-state index is 12.9. The van der Waals surface area contributed by atoms with Gasteiger partial charge < -0.3 is 9.26 Å². The van der Waals surface area contributed by atoms with Gasteiger partial charge >= 0.3 is 0 Å². The Kier molecular flexibility index (Phi) is 6.89. The van der Waals surface area contributed by atoms with Crippen LogP contribution in [0.25, 0.3) is 0 Å². The minimum absolute atomic E-state index is 0.161. The summed E-state index contributed by atoms with van der Waals surface area (Å²) in [5, 5.41) is 3.94. The van der Waals surface area contributed by atoms with Crippen molar-refractivity contribution in [1.29, 1.82) is 0 Å². The number of aromatic nitrogens is 2. The molecular weight excluding hydrogens is 402 g/mol. The summed E-state index contributed by atoms with van der Waals surface area (Å²) >= 11 is 0. The number of nitrogens with zero attached hydrogens (tertiary/aromatic N) is 3. The highest BCUT2D eigenvalue weighted by atomic mass is 32.2. The van der Waals surface area contributed by atoms with Gasteiger partial charge in [-0.1, -0.05) is 36.3 Å². The molecule has 0 spiro atoms. The summed E-state index contributed by atoms with van der Waals surface area (Å²) in [6, 6.07) is 13.0. The first kappa shape index (κ1) is 22.0. The monoisotopic (exact) mass is 429 g/mol. The van der Waals surface area contributed by atoms with Crippen LogP contribution in [0.1, 0.15) is 35.3 Å². The Bertz CT molecular complexity index is 1090. The highest BCUT2D eigenvalue weighted by Crippen LogP contribution is 2.20. The van der Waals surface area contributed by atoms with E-state index in [2.05, 4.69) is 16.2 Å². The average Bonchev–Trinajstić information content (AvgIpc) is 3.17. The highest BCUT2D eigenvalue weighted by molar-refractivity contribution is 7.89. The minimum atomic E-state index is -3.58. The lowest BCUT2D eigenvalue weighted by Gasteiger charge is -2.18. The lowest BCUT2D eigenvalue weighted by Crippen LogP contribution is -2.30. The van der Waals surface area contributed by atoms with E-state index < -0.39 is 10.0 Å². The molecule has 0 bridgehead atoms. The van der Waals surface area contributed by atoms with Crippen LogP contribution < -0.4 is 4.74 Å². The third kappa shape index (κ3) is 5.25. The van der Waals surface area contributed by atoms with Crippen LogP contribution in [0.15, 0.2) is 51.9 Å². The highest BCUT2D eigenvalue weighted by Gasteiger charge is 2.23. The standard InChI is InChI=1S/C22H27N3O4S/c1-5-18-8-6-7-9-20(18)30(26,27)25(4)11-10-21-23-22(29-24-21)15-28-19-13-16(2)12-17(3)14-19/h6-9,12-14H,5,10-11,15H2,1-4H3. The first-order valence-corrected chi connectivity index (χ1v) is 11.3. The van der Waals surface area contributed by atoms with E-state index in [9.17, 15) is 8.42 Å². The van der Waals surface area contributed by atoms with E-state index in [0.717, 1.165) is 22.4 Å².